The summed E-state index contributed by atoms with van der Waals surface area (Å²) in [5.74, 6) is 2.07. The molecule has 8 heteroatoms. The Bertz CT molecular complexity index is 1240. The lowest BCUT2D eigenvalue weighted by Crippen LogP contribution is -2.36. The van der Waals surface area contributed by atoms with Gasteiger partial charge in [-0.2, -0.15) is 4.98 Å². The second-order valence-electron chi connectivity index (χ2n) is 8.86. The van der Waals surface area contributed by atoms with Crippen molar-refractivity contribution in [1.29, 1.82) is 0 Å². The zero-order chi connectivity index (χ0) is 22.3. The van der Waals surface area contributed by atoms with Gasteiger partial charge < -0.3 is 14.5 Å². The molecule has 1 aliphatic heterocycles. The first-order valence-corrected chi connectivity index (χ1v) is 11.3. The van der Waals surface area contributed by atoms with Crippen molar-refractivity contribution in [2.75, 3.05) is 18.0 Å². The fourth-order valence-electron chi connectivity index (χ4n) is 4.79. The van der Waals surface area contributed by atoms with Gasteiger partial charge >= 0.3 is 0 Å². The molecule has 1 saturated heterocycles. The smallest absolute Gasteiger partial charge is 0.259 e. The number of aliphatic hydroxyl groups is 1. The maximum atomic E-state index is 9.76. The molecule has 2 fully saturated rings. The molecule has 0 spiro atoms. The molecule has 6 rings (SSSR count). The van der Waals surface area contributed by atoms with Crippen molar-refractivity contribution in [3.63, 3.8) is 0 Å². The van der Waals surface area contributed by atoms with E-state index in [0.717, 1.165) is 60.6 Å². The predicted molar refractivity (Wildman–Crippen MR) is 122 cm³/mol. The van der Waals surface area contributed by atoms with Gasteiger partial charge in [-0.15, -0.1) is 0 Å². The molecular weight excluding hydrogens is 416 g/mol. The van der Waals surface area contributed by atoms with Crippen LogP contribution >= 0.6 is 0 Å². The fourth-order valence-corrected chi connectivity index (χ4v) is 4.79. The molecule has 3 aromatic heterocycles. The van der Waals surface area contributed by atoms with E-state index in [4.69, 9.17) is 9.51 Å². The molecule has 0 amide bonds. The van der Waals surface area contributed by atoms with E-state index in [0.29, 0.717) is 12.4 Å². The zero-order valence-electron chi connectivity index (χ0n) is 18.1. The Morgan fingerprint density at radius 2 is 1.73 bits per heavy atom. The van der Waals surface area contributed by atoms with Crippen molar-refractivity contribution in [3.8, 4) is 22.6 Å². The summed E-state index contributed by atoms with van der Waals surface area (Å²) in [5, 5.41) is 14.1. The van der Waals surface area contributed by atoms with Gasteiger partial charge in [-0.3, -0.25) is 0 Å². The number of β-amino-alcohol motifs (C(OH)–C–C–N with tert-alkyl or cyclic N) is 1. The van der Waals surface area contributed by atoms with Gasteiger partial charge in [0.25, 0.3) is 5.89 Å². The van der Waals surface area contributed by atoms with E-state index in [2.05, 4.69) is 49.3 Å². The van der Waals surface area contributed by atoms with Crippen molar-refractivity contribution < 1.29 is 9.63 Å². The molecule has 1 N–H and O–H groups in total. The van der Waals surface area contributed by atoms with Gasteiger partial charge in [0.2, 0.25) is 0 Å². The van der Waals surface area contributed by atoms with Crippen LogP contribution in [0.1, 0.15) is 37.1 Å². The quantitative estimate of drug-likeness (QED) is 0.502. The number of hydrogen-bond acceptors (Lipinski definition) is 8. The van der Waals surface area contributed by atoms with Crippen LogP contribution in [0.3, 0.4) is 0 Å². The number of nitrogens with zero attached hydrogens (tertiary/aromatic N) is 6. The first-order chi connectivity index (χ1) is 16.2. The molecule has 166 valence electrons. The number of rotatable bonds is 5. The average molecular weight is 441 g/mol. The minimum Gasteiger partial charge on any atom is -0.391 e. The van der Waals surface area contributed by atoms with Crippen molar-refractivity contribution in [2.24, 2.45) is 0 Å². The first kappa shape index (κ1) is 20.0. The van der Waals surface area contributed by atoms with E-state index in [-0.39, 0.29) is 11.5 Å². The average Bonchev–Trinajstić information content (AvgIpc) is 3.50. The SMILES string of the molecule is O[C@@H]1CCN(c2ccc(-c3nc(C4(c5ccc(-c6cncnc6)cc5)CCC4)no3)cn2)C1. The van der Waals surface area contributed by atoms with Crippen molar-refractivity contribution in [2.45, 2.75) is 37.2 Å². The molecule has 1 atom stereocenters. The number of pyridine rings is 1. The summed E-state index contributed by atoms with van der Waals surface area (Å²) in [6, 6.07) is 12.4. The summed E-state index contributed by atoms with van der Waals surface area (Å²) < 4.78 is 5.66. The summed E-state index contributed by atoms with van der Waals surface area (Å²) in [4.78, 5) is 19.6. The number of benzene rings is 1. The highest BCUT2D eigenvalue weighted by atomic mass is 16.5. The maximum Gasteiger partial charge on any atom is 0.259 e. The monoisotopic (exact) mass is 440 g/mol. The van der Waals surface area contributed by atoms with Crippen LogP contribution in [0.2, 0.25) is 0 Å². The molecule has 1 aliphatic carbocycles. The molecule has 0 unspecified atom stereocenters. The van der Waals surface area contributed by atoms with E-state index in [1.54, 1.807) is 6.20 Å². The van der Waals surface area contributed by atoms with Gasteiger partial charge in [-0.25, -0.2) is 15.0 Å². The van der Waals surface area contributed by atoms with Gasteiger partial charge in [-0.1, -0.05) is 35.8 Å². The number of aromatic nitrogens is 5. The lowest BCUT2D eigenvalue weighted by Gasteiger charge is -2.39. The second kappa shape index (κ2) is 8.04. The Morgan fingerprint density at radius 3 is 2.36 bits per heavy atom. The van der Waals surface area contributed by atoms with Crippen molar-refractivity contribution in [1.82, 2.24) is 25.1 Å². The highest BCUT2D eigenvalue weighted by Gasteiger charge is 2.44. The molecular formula is C25H24N6O2. The van der Waals surface area contributed by atoms with Crippen LogP contribution in [0.25, 0.3) is 22.6 Å². The topological polar surface area (TPSA) is 101 Å². The lowest BCUT2D eigenvalue weighted by molar-refractivity contribution is 0.198. The maximum absolute atomic E-state index is 9.76. The van der Waals surface area contributed by atoms with Crippen LogP contribution in [-0.4, -0.2) is 49.4 Å². The van der Waals surface area contributed by atoms with E-state index >= 15 is 0 Å². The van der Waals surface area contributed by atoms with Gasteiger partial charge in [0.1, 0.15) is 12.1 Å². The summed E-state index contributed by atoms with van der Waals surface area (Å²) in [5.41, 5.74) is 3.85. The molecule has 1 saturated carbocycles. The van der Waals surface area contributed by atoms with E-state index in [9.17, 15) is 5.11 Å². The van der Waals surface area contributed by atoms with Gasteiger partial charge in [0.05, 0.1) is 17.1 Å². The third kappa shape index (κ3) is 3.56. The summed E-state index contributed by atoms with van der Waals surface area (Å²) in [6.07, 6.45) is 10.6. The molecule has 33 heavy (non-hydrogen) atoms. The third-order valence-corrected chi connectivity index (χ3v) is 6.87. The Balaban J connectivity index is 1.25. The molecule has 2 aliphatic rings. The number of anilines is 1. The highest BCUT2D eigenvalue weighted by molar-refractivity contribution is 5.62. The summed E-state index contributed by atoms with van der Waals surface area (Å²) in [6.45, 7) is 1.44. The van der Waals surface area contributed by atoms with Crippen LogP contribution in [0.15, 0.2) is 65.8 Å². The van der Waals surface area contributed by atoms with Gasteiger partial charge in [0.15, 0.2) is 5.82 Å². The standard InChI is InChI=1S/C25H24N6O2/c32-21-8-11-31(15-21)22-7-4-18(14-28-22)23-29-24(30-33-23)25(9-1-10-25)20-5-2-17(3-6-20)19-12-26-16-27-13-19/h2-7,12-14,16,21,32H,1,8-11,15H2/t21-/m1/s1. The molecule has 0 bridgehead atoms. The van der Waals surface area contributed by atoms with E-state index < -0.39 is 0 Å². The molecule has 0 radical (unpaired) electrons. The van der Waals surface area contributed by atoms with Gasteiger partial charge in [-0.05, 0) is 42.5 Å². The van der Waals surface area contributed by atoms with Crippen LogP contribution in [-0.2, 0) is 5.41 Å². The molecule has 4 aromatic rings. The van der Waals surface area contributed by atoms with E-state index in [1.807, 2.05) is 24.5 Å². The Labute approximate surface area is 191 Å². The van der Waals surface area contributed by atoms with E-state index in [1.165, 1.54) is 11.9 Å². The van der Waals surface area contributed by atoms with Crippen LogP contribution < -0.4 is 4.90 Å². The Morgan fingerprint density at radius 1 is 0.939 bits per heavy atom. The van der Waals surface area contributed by atoms with Gasteiger partial charge in [0, 0.05) is 37.2 Å². The fraction of sp³-hybridized carbons (Fsp3) is 0.320. The summed E-state index contributed by atoms with van der Waals surface area (Å²) >= 11 is 0. The second-order valence-corrected chi connectivity index (χ2v) is 8.86. The minimum absolute atomic E-state index is 0.216. The normalized spacial score (nSPS) is 19.4. The summed E-state index contributed by atoms with van der Waals surface area (Å²) in [7, 11) is 0. The highest BCUT2D eigenvalue weighted by Crippen LogP contribution is 2.48. The number of hydrogen-bond donors (Lipinski definition) is 1. The van der Waals surface area contributed by atoms with Crippen molar-refractivity contribution in [3.05, 3.63) is 72.7 Å². The first-order valence-electron chi connectivity index (χ1n) is 11.3. The number of aliphatic hydroxyl groups excluding tert-OH is 1. The van der Waals surface area contributed by atoms with Crippen molar-refractivity contribution >= 4 is 5.82 Å². The third-order valence-electron chi connectivity index (χ3n) is 6.87. The Hall–Kier alpha value is -3.65. The molecule has 4 heterocycles. The van der Waals surface area contributed by atoms with Crippen LogP contribution in [0.5, 0.6) is 0 Å². The predicted octanol–water partition coefficient (Wildman–Crippen LogP) is 3.63. The molecule has 1 aromatic carbocycles. The minimum atomic E-state index is -0.279. The zero-order valence-corrected chi connectivity index (χ0v) is 18.1. The molecule has 8 nitrogen and oxygen atoms in total. The van der Waals surface area contributed by atoms with Crippen LogP contribution in [0, 0.1) is 0 Å². The van der Waals surface area contributed by atoms with Crippen LogP contribution in [0.4, 0.5) is 5.82 Å². The largest absolute Gasteiger partial charge is 0.391 e. The lowest BCUT2D eigenvalue weighted by atomic mass is 9.64. The Kier molecular flexibility index (Phi) is 4.87.